The van der Waals surface area contributed by atoms with Gasteiger partial charge in [0, 0.05) is 16.3 Å². The molecule has 1 aromatic rings. The van der Waals surface area contributed by atoms with Gasteiger partial charge >= 0.3 is 5.97 Å². The SMILES string of the molecule is COc1ccc(CSC2CCSC(CC(=O)O)C2)cc1. The normalized spacial score (nSPS) is 22.4. The van der Waals surface area contributed by atoms with E-state index in [2.05, 4.69) is 12.1 Å². The summed E-state index contributed by atoms with van der Waals surface area (Å²) in [5, 5.41) is 9.75. The minimum atomic E-state index is -0.677. The molecule has 0 spiro atoms. The Morgan fingerprint density at radius 1 is 1.45 bits per heavy atom. The van der Waals surface area contributed by atoms with Gasteiger partial charge in [0.2, 0.25) is 0 Å². The van der Waals surface area contributed by atoms with Crippen molar-refractivity contribution in [2.45, 2.75) is 35.5 Å². The quantitative estimate of drug-likeness (QED) is 0.868. The molecule has 110 valence electrons. The Bertz CT molecular complexity index is 433. The Hall–Kier alpha value is -0.810. The predicted octanol–water partition coefficient (Wildman–Crippen LogP) is 3.67. The van der Waals surface area contributed by atoms with Crippen LogP contribution < -0.4 is 4.74 Å². The van der Waals surface area contributed by atoms with Crippen LogP contribution in [0.2, 0.25) is 0 Å². The number of carboxylic acid groups (broad SMARTS) is 1. The van der Waals surface area contributed by atoms with E-state index in [4.69, 9.17) is 9.84 Å². The van der Waals surface area contributed by atoms with Crippen LogP contribution in [0.5, 0.6) is 5.75 Å². The van der Waals surface area contributed by atoms with Crippen molar-refractivity contribution in [1.82, 2.24) is 0 Å². The smallest absolute Gasteiger partial charge is 0.304 e. The van der Waals surface area contributed by atoms with Gasteiger partial charge in [0.25, 0.3) is 0 Å². The Balaban J connectivity index is 1.79. The van der Waals surface area contributed by atoms with Gasteiger partial charge in [-0.15, -0.1) is 0 Å². The van der Waals surface area contributed by atoms with Gasteiger partial charge < -0.3 is 9.84 Å². The Morgan fingerprint density at radius 3 is 2.85 bits per heavy atom. The van der Waals surface area contributed by atoms with E-state index in [0.717, 1.165) is 23.7 Å². The van der Waals surface area contributed by atoms with Gasteiger partial charge in [0.15, 0.2) is 0 Å². The lowest BCUT2D eigenvalue weighted by Crippen LogP contribution is -2.22. The van der Waals surface area contributed by atoms with Crippen molar-refractivity contribution < 1.29 is 14.6 Å². The zero-order valence-corrected chi connectivity index (χ0v) is 13.2. The van der Waals surface area contributed by atoms with Gasteiger partial charge in [0.1, 0.15) is 5.75 Å². The fraction of sp³-hybridized carbons (Fsp3) is 0.533. The standard InChI is InChI=1S/C15H20O3S2/c1-18-12-4-2-11(3-5-12)10-20-13-6-7-19-14(8-13)9-15(16)17/h2-5,13-14H,6-10H2,1H3,(H,16,17). The first-order valence-electron chi connectivity index (χ1n) is 6.75. The molecule has 2 rings (SSSR count). The van der Waals surface area contributed by atoms with E-state index in [9.17, 15) is 4.79 Å². The lowest BCUT2D eigenvalue weighted by atomic mass is 10.1. The highest BCUT2D eigenvalue weighted by Crippen LogP contribution is 2.35. The van der Waals surface area contributed by atoms with Crippen LogP contribution >= 0.6 is 23.5 Å². The maximum Gasteiger partial charge on any atom is 0.304 e. The Morgan fingerprint density at radius 2 is 2.20 bits per heavy atom. The van der Waals surface area contributed by atoms with Crippen LogP contribution in [0.1, 0.15) is 24.8 Å². The third-order valence-electron chi connectivity index (χ3n) is 3.37. The fourth-order valence-electron chi connectivity index (χ4n) is 2.27. The number of hydrogen-bond acceptors (Lipinski definition) is 4. The van der Waals surface area contributed by atoms with Crippen LogP contribution in [0.15, 0.2) is 24.3 Å². The van der Waals surface area contributed by atoms with Crippen molar-refractivity contribution in [3.63, 3.8) is 0 Å². The fourth-order valence-corrected chi connectivity index (χ4v) is 5.20. The van der Waals surface area contributed by atoms with Gasteiger partial charge in [-0.3, -0.25) is 4.79 Å². The van der Waals surface area contributed by atoms with E-state index in [1.165, 1.54) is 12.0 Å². The highest BCUT2D eigenvalue weighted by Gasteiger charge is 2.24. The molecule has 0 aliphatic carbocycles. The van der Waals surface area contributed by atoms with E-state index < -0.39 is 5.97 Å². The van der Waals surface area contributed by atoms with E-state index in [-0.39, 0.29) is 5.25 Å². The maximum absolute atomic E-state index is 10.8. The molecule has 20 heavy (non-hydrogen) atoms. The van der Waals surface area contributed by atoms with Gasteiger partial charge in [-0.25, -0.2) is 0 Å². The number of benzene rings is 1. The Labute approximate surface area is 128 Å². The third kappa shape index (κ3) is 4.94. The molecule has 0 amide bonds. The van der Waals surface area contributed by atoms with Crippen LogP contribution in [-0.2, 0) is 10.5 Å². The van der Waals surface area contributed by atoms with Crippen LogP contribution in [0.25, 0.3) is 0 Å². The average molecular weight is 312 g/mol. The Kier molecular flexibility index (Phi) is 6.10. The largest absolute Gasteiger partial charge is 0.497 e. The summed E-state index contributed by atoms with van der Waals surface area (Å²) in [5.74, 6) is 2.27. The molecule has 1 aliphatic heterocycles. The first-order valence-corrected chi connectivity index (χ1v) is 8.85. The molecule has 0 radical (unpaired) electrons. The molecule has 0 bridgehead atoms. The molecule has 5 heteroatoms. The molecule has 1 heterocycles. The number of ether oxygens (including phenoxy) is 1. The number of rotatable bonds is 6. The van der Waals surface area contributed by atoms with E-state index in [0.29, 0.717) is 11.7 Å². The number of carbonyl (C=O) groups is 1. The summed E-state index contributed by atoms with van der Waals surface area (Å²) in [6.07, 6.45) is 2.49. The summed E-state index contributed by atoms with van der Waals surface area (Å²) in [4.78, 5) is 10.8. The topological polar surface area (TPSA) is 46.5 Å². The molecule has 1 aliphatic rings. The highest BCUT2D eigenvalue weighted by molar-refractivity contribution is 8.01. The summed E-state index contributed by atoms with van der Waals surface area (Å²) < 4.78 is 5.15. The van der Waals surface area contributed by atoms with Gasteiger partial charge in [0.05, 0.1) is 13.5 Å². The van der Waals surface area contributed by atoms with Crippen molar-refractivity contribution >= 4 is 29.5 Å². The minimum absolute atomic E-state index is 0.287. The summed E-state index contributed by atoms with van der Waals surface area (Å²) in [6.45, 7) is 0. The van der Waals surface area contributed by atoms with Crippen molar-refractivity contribution in [1.29, 1.82) is 0 Å². The zero-order valence-electron chi connectivity index (χ0n) is 11.6. The molecule has 1 fully saturated rings. The maximum atomic E-state index is 10.8. The molecular weight excluding hydrogens is 292 g/mol. The molecule has 0 saturated carbocycles. The van der Waals surface area contributed by atoms with Crippen molar-refractivity contribution in [2.24, 2.45) is 0 Å². The number of aliphatic carboxylic acids is 1. The van der Waals surface area contributed by atoms with Crippen LogP contribution in [0, 0.1) is 0 Å². The second-order valence-electron chi connectivity index (χ2n) is 4.90. The molecule has 1 aromatic carbocycles. The zero-order chi connectivity index (χ0) is 14.4. The molecule has 1 N–H and O–H groups in total. The highest BCUT2D eigenvalue weighted by atomic mass is 32.2. The van der Waals surface area contributed by atoms with Crippen LogP contribution in [0.3, 0.4) is 0 Å². The summed E-state index contributed by atoms with van der Waals surface area (Å²) >= 11 is 3.76. The van der Waals surface area contributed by atoms with Crippen molar-refractivity contribution in [2.75, 3.05) is 12.9 Å². The summed E-state index contributed by atoms with van der Waals surface area (Å²) in [7, 11) is 1.67. The molecule has 0 aromatic heterocycles. The van der Waals surface area contributed by atoms with E-state index >= 15 is 0 Å². The predicted molar refractivity (Wildman–Crippen MR) is 85.8 cm³/mol. The van der Waals surface area contributed by atoms with Gasteiger partial charge in [-0.2, -0.15) is 23.5 Å². The monoisotopic (exact) mass is 312 g/mol. The average Bonchev–Trinajstić information content (AvgIpc) is 2.45. The minimum Gasteiger partial charge on any atom is -0.497 e. The number of methoxy groups -OCH3 is 1. The number of thioether (sulfide) groups is 2. The first-order chi connectivity index (χ1) is 9.67. The van der Waals surface area contributed by atoms with Gasteiger partial charge in [-0.1, -0.05) is 12.1 Å². The second-order valence-corrected chi connectivity index (χ2v) is 7.59. The van der Waals surface area contributed by atoms with Crippen LogP contribution in [0.4, 0.5) is 0 Å². The lowest BCUT2D eigenvalue weighted by Gasteiger charge is -2.27. The summed E-state index contributed by atoms with van der Waals surface area (Å²) in [5.41, 5.74) is 1.30. The molecule has 3 nitrogen and oxygen atoms in total. The lowest BCUT2D eigenvalue weighted by molar-refractivity contribution is -0.137. The van der Waals surface area contributed by atoms with E-state index in [1.807, 2.05) is 35.7 Å². The molecular formula is C15H20O3S2. The molecule has 2 unspecified atom stereocenters. The van der Waals surface area contributed by atoms with E-state index in [1.54, 1.807) is 7.11 Å². The number of hydrogen-bond donors (Lipinski definition) is 1. The van der Waals surface area contributed by atoms with Gasteiger partial charge in [-0.05, 0) is 36.3 Å². The molecule has 1 saturated heterocycles. The second kappa shape index (κ2) is 7.84. The third-order valence-corrected chi connectivity index (χ3v) is 6.07. The summed E-state index contributed by atoms with van der Waals surface area (Å²) in [6, 6.07) is 8.16. The number of carboxylic acids is 1. The van der Waals surface area contributed by atoms with Crippen molar-refractivity contribution in [3.8, 4) is 5.75 Å². The first kappa shape index (κ1) is 15.6. The van der Waals surface area contributed by atoms with Crippen LogP contribution in [-0.4, -0.2) is 34.4 Å². The molecule has 2 atom stereocenters. The van der Waals surface area contributed by atoms with Crippen molar-refractivity contribution in [3.05, 3.63) is 29.8 Å².